The average Bonchev–Trinajstić information content (AvgIpc) is 2.54. The molecular formula is C15H11BrN2O5. The van der Waals surface area contributed by atoms with Gasteiger partial charge in [0.05, 0.1) is 15.2 Å². The second-order valence-corrected chi connectivity index (χ2v) is 5.29. The smallest absolute Gasteiger partial charge is 0.293 e. The van der Waals surface area contributed by atoms with E-state index < -0.39 is 21.2 Å². The van der Waals surface area contributed by atoms with Crippen molar-refractivity contribution in [1.29, 1.82) is 0 Å². The number of Topliss-reactive ketones (excluding diaryl/α,β-unsaturated/α-hetero) is 1. The summed E-state index contributed by atoms with van der Waals surface area (Å²) < 4.78 is 0. The average molecular weight is 379 g/mol. The third kappa shape index (κ3) is 3.78. The maximum atomic E-state index is 11.9. The van der Waals surface area contributed by atoms with E-state index in [0.717, 1.165) is 6.07 Å². The van der Waals surface area contributed by atoms with Gasteiger partial charge >= 0.3 is 11.4 Å². The van der Waals surface area contributed by atoms with Crippen molar-refractivity contribution in [2.24, 2.45) is 0 Å². The van der Waals surface area contributed by atoms with Crippen molar-refractivity contribution >= 4 is 33.1 Å². The number of halogens is 1. The third-order valence-corrected chi connectivity index (χ3v) is 3.78. The maximum absolute atomic E-state index is 11.9. The van der Waals surface area contributed by atoms with E-state index in [2.05, 4.69) is 15.9 Å². The van der Waals surface area contributed by atoms with Gasteiger partial charge in [-0.2, -0.15) is 0 Å². The normalized spacial score (nSPS) is 10.3. The number of benzene rings is 2. The molecule has 0 saturated heterocycles. The molecule has 0 heterocycles. The quantitative estimate of drug-likeness (QED) is 0.330. The fraction of sp³-hybridized carbons (Fsp3) is 0.133. The first-order chi connectivity index (χ1) is 10.9. The summed E-state index contributed by atoms with van der Waals surface area (Å²) in [5.74, 6) is -0.1000. The first kappa shape index (κ1) is 16.8. The molecule has 23 heavy (non-hydrogen) atoms. The number of carbonyl (C=O) groups is 1. The van der Waals surface area contributed by atoms with E-state index in [1.807, 2.05) is 0 Å². The van der Waals surface area contributed by atoms with Crippen LogP contribution in [0.1, 0.15) is 21.5 Å². The second kappa shape index (κ2) is 7.10. The minimum absolute atomic E-state index is 0.1000. The lowest BCUT2D eigenvalue weighted by atomic mass is 9.97. The molecule has 0 aromatic heterocycles. The van der Waals surface area contributed by atoms with Crippen molar-refractivity contribution in [2.75, 3.05) is 5.33 Å². The van der Waals surface area contributed by atoms with Crippen LogP contribution < -0.4 is 0 Å². The van der Waals surface area contributed by atoms with Gasteiger partial charge in [0.25, 0.3) is 0 Å². The molecule has 0 unspecified atom stereocenters. The summed E-state index contributed by atoms with van der Waals surface area (Å²) in [5, 5.41) is 22.0. The van der Waals surface area contributed by atoms with Crippen molar-refractivity contribution in [2.45, 2.75) is 6.42 Å². The van der Waals surface area contributed by atoms with Crippen molar-refractivity contribution in [1.82, 2.24) is 0 Å². The van der Waals surface area contributed by atoms with Crippen LogP contribution in [0, 0.1) is 20.2 Å². The van der Waals surface area contributed by atoms with Crippen molar-refractivity contribution in [3.63, 3.8) is 0 Å². The molecule has 0 bridgehead atoms. The Morgan fingerprint density at radius 1 is 1.00 bits per heavy atom. The number of hydrogen-bond acceptors (Lipinski definition) is 5. The lowest BCUT2D eigenvalue weighted by molar-refractivity contribution is -0.422. The molecule has 0 aliphatic rings. The zero-order chi connectivity index (χ0) is 17.0. The standard InChI is InChI=1S/C15H11BrN2O5/c16-9-15(19)12-4-2-1-3-11(12)7-10-5-6-13(17(20)21)14(8-10)18(22)23/h1-6,8H,7,9H2. The van der Waals surface area contributed by atoms with Crippen molar-refractivity contribution in [3.05, 3.63) is 79.4 Å². The molecule has 0 amide bonds. The Bertz CT molecular complexity index is 791. The van der Waals surface area contributed by atoms with Gasteiger partial charge in [0.1, 0.15) is 0 Å². The van der Waals surface area contributed by atoms with Gasteiger partial charge in [-0.15, -0.1) is 0 Å². The van der Waals surface area contributed by atoms with Gasteiger partial charge in [-0.1, -0.05) is 46.3 Å². The highest BCUT2D eigenvalue weighted by Crippen LogP contribution is 2.28. The van der Waals surface area contributed by atoms with E-state index in [4.69, 9.17) is 0 Å². The SMILES string of the molecule is O=C(CBr)c1ccccc1Cc1ccc([N+](=O)[O-])c([N+](=O)[O-])c1. The molecule has 0 aliphatic heterocycles. The van der Waals surface area contributed by atoms with E-state index in [0.29, 0.717) is 16.7 Å². The van der Waals surface area contributed by atoms with Crippen LogP contribution in [-0.4, -0.2) is 21.0 Å². The molecule has 0 saturated carbocycles. The molecule has 0 atom stereocenters. The molecule has 0 fully saturated rings. The van der Waals surface area contributed by atoms with Gasteiger partial charge in [0.15, 0.2) is 5.78 Å². The summed E-state index contributed by atoms with van der Waals surface area (Å²) in [5.41, 5.74) is 0.642. The van der Waals surface area contributed by atoms with Gasteiger partial charge < -0.3 is 0 Å². The molecule has 2 rings (SSSR count). The highest BCUT2D eigenvalue weighted by Gasteiger charge is 2.24. The van der Waals surface area contributed by atoms with Crippen molar-refractivity contribution < 1.29 is 14.6 Å². The topological polar surface area (TPSA) is 103 Å². The molecule has 0 aliphatic carbocycles. The van der Waals surface area contributed by atoms with Crippen LogP contribution in [-0.2, 0) is 6.42 Å². The van der Waals surface area contributed by atoms with Gasteiger partial charge in [-0.3, -0.25) is 25.0 Å². The lowest BCUT2D eigenvalue weighted by Crippen LogP contribution is -2.05. The van der Waals surface area contributed by atoms with Crippen LogP contribution in [0.5, 0.6) is 0 Å². The van der Waals surface area contributed by atoms with Gasteiger partial charge in [0.2, 0.25) is 0 Å². The summed E-state index contributed by atoms with van der Waals surface area (Å²) in [6.07, 6.45) is 0.272. The Kier molecular flexibility index (Phi) is 5.17. The van der Waals surface area contributed by atoms with Crippen molar-refractivity contribution in [3.8, 4) is 0 Å². The van der Waals surface area contributed by atoms with E-state index >= 15 is 0 Å². The minimum atomic E-state index is -0.787. The van der Waals surface area contributed by atoms with E-state index in [1.54, 1.807) is 24.3 Å². The number of nitrogens with zero attached hydrogens (tertiary/aromatic N) is 2. The first-order valence-electron chi connectivity index (χ1n) is 6.52. The monoisotopic (exact) mass is 378 g/mol. The highest BCUT2D eigenvalue weighted by molar-refractivity contribution is 9.09. The van der Waals surface area contributed by atoms with Crippen LogP contribution in [0.3, 0.4) is 0 Å². The number of nitro benzene ring substituents is 2. The molecule has 7 nitrogen and oxygen atoms in total. The predicted octanol–water partition coefficient (Wildman–Crippen LogP) is 3.67. The molecule has 0 radical (unpaired) electrons. The zero-order valence-electron chi connectivity index (χ0n) is 11.8. The van der Waals surface area contributed by atoms with Crippen LogP contribution in [0.15, 0.2) is 42.5 Å². The Labute approximate surface area is 139 Å². The Hall–Kier alpha value is -2.61. The third-order valence-electron chi connectivity index (χ3n) is 3.27. The van der Waals surface area contributed by atoms with Crippen LogP contribution in [0.4, 0.5) is 11.4 Å². The fourth-order valence-corrected chi connectivity index (χ4v) is 2.52. The van der Waals surface area contributed by atoms with Crippen LogP contribution in [0.25, 0.3) is 0 Å². The second-order valence-electron chi connectivity index (χ2n) is 4.73. The number of ketones is 1. The molecule has 8 heteroatoms. The van der Waals surface area contributed by atoms with E-state index in [-0.39, 0.29) is 17.5 Å². The number of rotatable bonds is 6. The number of alkyl halides is 1. The molecule has 2 aromatic carbocycles. The summed E-state index contributed by atoms with van der Waals surface area (Å²) in [7, 11) is 0. The summed E-state index contributed by atoms with van der Waals surface area (Å²) in [4.78, 5) is 32.2. The number of carbonyl (C=O) groups excluding carboxylic acids is 1. The van der Waals surface area contributed by atoms with Crippen LogP contribution >= 0.6 is 15.9 Å². The van der Waals surface area contributed by atoms with E-state index in [9.17, 15) is 25.0 Å². The Morgan fingerprint density at radius 3 is 2.26 bits per heavy atom. The minimum Gasteiger partial charge on any atom is -0.293 e. The largest absolute Gasteiger partial charge is 0.346 e. The maximum Gasteiger partial charge on any atom is 0.346 e. The summed E-state index contributed by atoms with van der Waals surface area (Å²) in [6.45, 7) is 0. The molecule has 0 N–H and O–H groups in total. The number of hydrogen-bond donors (Lipinski definition) is 0. The molecule has 118 valence electrons. The Morgan fingerprint density at radius 2 is 1.65 bits per heavy atom. The summed E-state index contributed by atoms with van der Waals surface area (Å²) >= 11 is 3.11. The summed E-state index contributed by atoms with van der Waals surface area (Å²) in [6, 6.07) is 10.7. The first-order valence-corrected chi connectivity index (χ1v) is 7.65. The molecule has 0 spiro atoms. The fourth-order valence-electron chi connectivity index (χ4n) is 2.22. The van der Waals surface area contributed by atoms with Gasteiger partial charge in [-0.05, 0) is 17.5 Å². The Balaban J connectivity index is 2.42. The van der Waals surface area contributed by atoms with Crippen LogP contribution in [0.2, 0.25) is 0 Å². The van der Waals surface area contributed by atoms with Gasteiger partial charge in [-0.25, -0.2) is 0 Å². The lowest BCUT2D eigenvalue weighted by Gasteiger charge is -2.07. The zero-order valence-corrected chi connectivity index (χ0v) is 13.4. The molecular weight excluding hydrogens is 368 g/mol. The highest BCUT2D eigenvalue weighted by atomic mass is 79.9. The van der Waals surface area contributed by atoms with Gasteiger partial charge in [0, 0.05) is 17.7 Å². The predicted molar refractivity (Wildman–Crippen MR) is 87.1 cm³/mol. The molecule has 2 aromatic rings. The number of nitro groups is 2. The van der Waals surface area contributed by atoms with E-state index in [1.165, 1.54) is 12.1 Å².